The maximum atomic E-state index is 12.4. The van der Waals surface area contributed by atoms with Crippen molar-refractivity contribution in [2.75, 3.05) is 34.0 Å². The highest BCUT2D eigenvalue weighted by Crippen LogP contribution is 2.37. The molecule has 0 bridgehead atoms. The summed E-state index contributed by atoms with van der Waals surface area (Å²) < 4.78 is 28.1. The van der Waals surface area contributed by atoms with Gasteiger partial charge >= 0.3 is 12.0 Å². The number of ether oxygens (including phenoxy) is 5. The Bertz CT molecular complexity index is 1280. The normalized spacial score (nSPS) is 15.7. The van der Waals surface area contributed by atoms with E-state index in [9.17, 15) is 14.7 Å². The van der Waals surface area contributed by atoms with Gasteiger partial charge in [-0.1, -0.05) is 6.07 Å². The predicted molar refractivity (Wildman–Crippen MR) is 151 cm³/mol. The molecule has 2 aromatic carbocycles. The first-order valence-electron chi connectivity index (χ1n) is 12.4. The van der Waals surface area contributed by atoms with Gasteiger partial charge in [0.25, 0.3) is 0 Å². The number of hydrogen-bond acceptors (Lipinski definition) is 10. The van der Waals surface area contributed by atoms with Gasteiger partial charge in [-0.15, -0.1) is 0 Å². The molecule has 12 nitrogen and oxygen atoms in total. The SMILES string of the molecule is CCOc1cc([C@H]2NC(=O)NC(C)=C2C(=O)OC)ccc1OC[C@H](O)N/N=C\c1cc(Br)c(OCC)c(OC)c1. The lowest BCUT2D eigenvalue weighted by atomic mass is 9.95. The zero-order valence-corrected chi connectivity index (χ0v) is 24.5. The minimum atomic E-state index is -1.14. The Morgan fingerprint density at radius 1 is 1.12 bits per heavy atom. The molecule has 0 fully saturated rings. The Labute approximate surface area is 240 Å². The summed E-state index contributed by atoms with van der Waals surface area (Å²) in [5.41, 5.74) is 4.57. The number of nitrogens with zero attached hydrogens (tertiary/aromatic N) is 1. The number of rotatable bonds is 13. The van der Waals surface area contributed by atoms with E-state index in [1.165, 1.54) is 13.3 Å². The molecule has 2 atom stereocenters. The van der Waals surface area contributed by atoms with Gasteiger partial charge in [0.1, 0.15) is 6.61 Å². The minimum Gasteiger partial charge on any atom is -0.493 e. The van der Waals surface area contributed by atoms with Crippen LogP contribution in [0.2, 0.25) is 0 Å². The van der Waals surface area contributed by atoms with E-state index in [0.717, 1.165) is 0 Å². The molecule has 0 unspecified atom stereocenters. The number of nitrogens with one attached hydrogen (secondary N) is 3. The van der Waals surface area contributed by atoms with Crippen molar-refractivity contribution in [1.82, 2.24) is 16.1 Å². The molecule has 4 N–H and O–H groups in total. The number of methoxy groups -OCH3 is 2. The predicted octanol–water partition coefficient (Wildman–Crippen LogP) is 3.38. The van der Waals surface area contributed by atoms with Crippen LogP contribution in [-0.4, -0.2) is 63.6 Å². The Hall–Kier alpha value is -3.97. The lowest BCUT2D eigenvalue weighted by molar-refractivity contribution is -0.136. The van der Waals surface area contributed by atoms with E-state index in [2.05, 4.69) is 37.1 Å². The number of carbonyl (C=O) groups is 2. The zero-order chi connectivity index (χ0) is 29.2. The quantitative estimate of drug-likeness (QED) is 0.114. The van der Waals surface area contributed by atoms with Gasteiger partial charge in [-0.2, -0.15) is 5.10 Å². The smallest absolute Gasteiger partial charge is 0.337 e. The second-order valence-corrected chi connectivity index (χ2v) is 9.24. The van der Waals surface area contributed by atoms with E-state index < -0.39 is 24.3 Å². The molecule has 13 heteroatoms. The lowest BCUT2D eigenvalue weighted by Crippen LogP contribution is -2.45. The Kier molecular flexibility index (Phi) is 11.0. The van der Waals surface area contributed by atoms with Crippen molar-refractivity contribution < 1.29 is 38.4 Å². The molecule has 0 radical (unpaired) electrons. The first-order valence-corrected chi connectivity index (χ1v) is 13.2. The van der Waals surface area contributed by atoms with Crippen LogP contribution in [0.1, 0.15) is 37.9 Å². The molecule has 2 amide bonds. The van der Waals surface area contributed by atoms with Crippen LogP contribution < -0.4 is 35.0 Å². The van der Waals surface area contributed by atoms with E-state index in [1.807, 2.05) is 19.9 Å². The molecular formula is C27H33BrN4O8. The monoisotopic (exact) mass is 620 g/mol. The van der Waals surface area contributed by atoms with Crippen molar-refractivity contribution >= 4 is 34.1 Å². The topological polar surface area (TPSA) is 149 Å². The molecule has 1 aliphatic rings. The van der Waals surface area contributed by atoms with Gasteiger partial charge in [0.2, 0.25) is 0 Å². The first-order chi connectivity index (χ1) is 19.2. The van der Waals surface area contributed by atoms with E-state index in [-0.39, 0.29) is 12.2 Å². The highest BCUT2D eigenvalue weighted by Gasteiger charge is 2.32. The number of urea groups is 1. The molecule has 1 heterocycles. The van der Waals surface area contributed by atoms with Crippen LogP contribution in [0.4, 0.5) is 4.79 Å². The van der Waals surface area contributed by atoms with Crippen molar-refractivity contribution in [1.29, 1.82) is 0 Å². The molecule has 0 saturated heterocycles. The van der Waals surface area contributed by atoms with Crippen molar-refractivity contribution in [2.45, 2.75) is 33.0 Å². The fourth-order valence-corrected chi connectivity index (χ4v) is 4.49. The third-order valence-corrected chi connectivity index (χ3v) is 6.24. The number of allylic oxidation sites excluding steroid dienone is 1. The maximum Gasteiger partial charge on any atom is 0.337 e. The highest BCUT2D eigenvalue weighted by atomic mass is 79.9. The summed E-state index contributed by atoms with van der Waals surface area (Å²) >= 11 is 3.46. The van der Waals surface area contributed by atoms with Crippen LogP contribution in [-0.2, 0) is 9.53 Å². The molecule has 0 aromatic heterocycles. The first kappa shape index (κ1) is 30.6. The summed E-state index contributed by atoms with van der Waals surface area (Å²) in [5.74, 6) is 1.30. The van der Waals surface area contributed by atoms with Gasteiger partial charge in [-0.3, -0.25) is 5.43 Å². The van der Waals surface area contributed by atoms with Crippen molar-refractivity contribution in [2.24, 2.45) is 5.10 Å². The summed E-state index contributed by atoms with van der Waals surface area (Å²) in [6.45, 7) is 6.00. The van der Waals surface area contributed by atoms with Crippen LogP contribution in [0.3, 0.4) is 0 Å². The summed E-state index contributed by atoms with van der Waals surface area (Å²) in [7, 11) is 2.82. The maximum absolute atomic E-state index is 12.4. The molecule has 3 rings (SSSR count). The molecule has 0 saturated carbocycles. The van der Waals surface area contributed by atoms with Gasteiger partial charge in [0, 0.05) is 5.70 Å². The average molecular weight is 621 g/mol. The van der Waals surface area contributed by atoms with Gasteiger partial charge in [0.05, 0.1) is 49.7 Å². The third-order valence-electron chi connectivity index (χ3n) is 5.65. The van der Waals surface area contributed by atoms with Crippen LogP contribution >= 0.6 is 15.9 Å². The number of aliphatic hydroxyl groups is 1. The third kappa shape index (κ3) is 7.57. The number of aliphatic hydroxyl groups excluding tert-OH is 1. The lowest BCUT2D eigenvalue weighted by Gasteiger charge is -2.28. The molecule has 40 heavy (non-hydrogen) atoms. The largest absolute Gasteiger partial charge is 0.493 e. The van der Waals surface area contributed by atoms with Gasteiger partial charge in [-0.05, 0) is 72.1 Å². The summed E-state index contributed by atoms with van der Waals surface area (Å²) in [6.07, 6.45) is 0.382. The van der Waals surface area contributed by atoms with Crippen molar-refractivity contribution in [3.63, 3.8) is 0 Å². The standard InChI is InChI=1S/C27H33BrN4O8/c1-6-38-20-12-17(24-23(26(34)37-5)15(3)30-27(35)31-24)8-9-19(20)40-14-22(33)32-29-13-16-10-18(28)25(39-7-2)21(11-16)36-4/h8-13,22,24,32-33H,6-7,14H2,1-5H3,(H2,30,31,35)/b29-13-/t22-,24+/m0/s1. The Morgan fingerprint density at radius 2 is 1.88 bits per heavy atom. The molecular weight excluding hydrogens is 588 g/mol. The number of benzene rings is 2. The molecule has 1 aliphatic heterocycles. The number of amides is 2. The number of halogens is 1. The Morgan fingerprint density at radius 3 is 2.55 bits per heavy atom. The fraction of sp³-hybridized carbons (Fsp3) is 0.370. The highest BCUT2D eigenvalue weighted by molar-refractivity contribution is 9.10. The number of hydrogen-bond donors (Lipinski definition) is 4. The van der Waals surface area contributed by atoms with Crippen LogP contribution in [0.25, 0.3) is 0 Å². The minimum absolute atomic E-state index is 0.149. The van der Waals surface area contributed by atoms with Crippen LogP contribution in [0.15, 0.2) is 51.2 Å². The van der Waals surface area contributed by atoms with Crippen LogP contribution in [0, 0.1) is 0 Å². The van der Waals surface area contributed by atoms with Crippen LogP contribution in [0.5, 0.6) is 23.0 Å². The van der Waals surface area contributed by atoms with Crippen molar-refractivity contribution in [3.05, 3.63) is 57.2 Å². The van der Waals surface area contributed by atoms with Crippen molar-refractivity contribution in [3.8, 4) is 23.0 Å². The fourth-order valence-electron chi connectivity index (χ4n) is 3.92. The number of hydrazone groups is 1. The number of carbonyl (C=O) groups excluding carboxylic acids is 2. The number of esters is 1. The summed E-state index contributed by atoms with van der Waals surface area (Å²) in [5, 5.41) is 19.8. The van der Waals surface area contributed by atoms with E-state index in [0.29, 0.717) is 57.5 Å². The van der Waals surface area contributed by atoms with Gasteiger partial charge in [0.15, 0.2) is 29.2 Å². The Balaban J connectivity index is 1.69. The summed E-state index contributed by atoms with van der Waals surface area (Å²) in [4.78, 5) is 24.5. The van der Waals surface area contributed by atoms with Gasteiger partial charge < -0.3 is 39.4 Å². The second kappa shape index (κ2) is 14.4. The molecule has 2 aromatic rings. The summed E-state index contributed by atoms with van der Waals surface area (Å²) in [6, 6.07) is 7.37. The second-order valence-electron chi connectivity index (χ2n) is 8.38. The van der Waals surface area contributed by atoms with E-state index >= 15 is 0 Å². The molecule has 0 spiro atoms. The van der Waals surface area contributed by atoms with E-state index in [1.54, 1.807) is 38.3 Å². The van der Waals surface area contributed by atoms with E-state index in [4.69, 9.17) is 23.7 Å². The van der Waals surface area contributed by atoms with Gasteiger partial charge in [-0.25, -0.2) is 9.59 Å². The zero-order valence-electron chi connectivity index (χ0n) is 22.9. The molecule has 0 aliphatic carbocycles. The average Bonchev–Trinajstić information content (AvgIpc) is 2.93. The molecule has 216 valence electrons.